The first-order valence-corrected chi connectivity index (χ1v) is 7.04. The Morgan fingerprint density at radius 3 is 2.40 bits per heavy atom. The van der Waals surface area contributed by atoms with Gasteiger partial charge in [0.1, 0.15) is 0 Å². The molecule has 2 fully saturated rings. The Kier molecular flexibility index (Phi) is 2.04. The zero-order valence-corrected chi connectivity index (χ0v) is 10.5. The van der Waals surface area contributed by atoms with Crippen LogP contribution in [0.3, 0.4) is 0 Å². The van der Waals surface area contributed by atoms with Gasteiger partial charge < -0.3 is 0 Å². The van der Waals surface area contributed by atoms with Crippen molar-refractivity contribution < 1.29 is 9.79 Å². The van der Waals surface area contributed by atoms with Gasteiger partial charge in [0.05, 0.1) is 11.3 Å². The average molecular weight is 229 g/mol. The fraction of sp³-hybridized carbons (Fsp3) is 0.833. The van der Waals surface area contributed by atoms with Gasteiger partial charge in [-0.25, -0.2) is 8.42 Å². The molecular weight excluding hydrogens is 208 g/mol. The Hall–Kier alpha value is -0.310. The molecule has 2 aliphatic rings. The van der Waals surface area contributed by atoms with Gasteiger partial charge in [-0.1, -0.05) is 12.2 Å². The van der Waals surface area contributed by atoms with Crippen LogP contribution in [-0.2, 0) is 9.84 Å². The van der Waals surface area contributed by atoms with Crippen LogP contribution in [-0.4, -0.2) is 18.4 Å². The lowest BCUT2D eigenvalue weighted by Gasteiger charge is -2.30. The Morgan fingerprint density at radius 1 is 1.40 bits per heavy atom. The van der Waals surface area contributed by atoms with Crippen molar-refractivity contribution in [1.82, 2.24) is 0 Å². The standard InChI is InChI=1S/C12H20O2S/c1-8-9-5-6-10(7-9)11(8)15(13,14)12(2,3)4/h9-11H,1,5-7H2,2-4H3/t9-,10+,11+/m0/s1/i11D. The third-order valence-electron chi connectivity index (χ3n) is 3.71. The SMILES string of the molecule is [2H][C@@]1(S(=O)(=O)C(C)(C)C)C(=C)[C@H]2CC[C@@H]1C2. The zero-order valence-electron chi connectivity index (χ0n) is 10.7. The molecule has 3 heteroatoms. The summed E-state index contributed by atoms with van der Waals surface area (Å²) in [5.74, 6) is 0.230. The molecule has 2 saturated carbocycles. The molecule has 2 aliphatic carbocycles. The van der Waals surface area contributed by atoms with Crippen LogP contribution < -0.4 is 0 Å². The summed E-state index contributed by atoms with van der Waals surface area (Å²) in [7, 11) is -3.49. The molecule has 0 aromatic rings. The van der Waals surface area contributed by atoms with Gasteiger partial charge in [-0.15, -0.1) is 0 Å². The average Bonchev–Trinajstić information content (AvgIpc) is 2.68. The highest BCUT2D eigenvalue weighted by molar-refractivity contribution is 7.93. The number of sulfone groups is 1. The minimum Gasteiger partial charge on any atom is -0.228 e. The molecule has 2 rings (SSSR count). The third kappa shape index (κ3) is 1.47. The topological polar surface area (TPSA) is 34.1 Å². The van der Waals surface area contributed by atoms with E-state index in [1.54, 1.807) is 20.8 Å². The molecule has 0 radical (unpaired) electrons. The summed E-state index contributed by atoms with van der Waals surface area (Å²) >= 11 is 0. The van der Waals surface area contributed by atoms with Crippen molar-refractivity contribution >= 4 is 9.84 Å². The second-order valence-corrected chi connectivity index (χ2v) is 8.38. The summed E-state index contributed by atoms with van der Waals surface area (Å²) in [5, 5.41) is -1.42. The van der Waals surface area contributed by atoms with Gasteiger partial charge in [0.2, 0.25) is 0 Å². The molecule has 0 aliphatic heterocycles. The fourth-order valence-electron chi connectivity index (χ4n) is 2.72. The maximum absolute atomic E-state index is 12.5. The number of fused-ring (bicyclic) bond motifs is 2. The van der Waals surface area contributed by atoms with Gasteiger partial charge in [0.25, 0.3) is 0 Å². The molecule has 3 atom stereocenters. The highest BCUT2D eigenvalue weighted by Crippen LogP contribution is 2.51. The van der Waals surface area contributed by atoms with E-state index < -0.39 is 19.8 Å². The molecule has 0 N–H and O–H groups in total. The van der Waals surface area contributed by atoms with E-state index in [1.807, 2.05) is 0 Å². The zero-order chi connectivity index (χ0) is 12.4. The normalized spacial score (nSPS) is 42.1. The van der Waals surface area contributed by atoms with Gasteiger partial charge in [0, 0.05) is 0 Å². The fourth-order valence-corrected chi connectivity index (χ4v) is 4.55. The lowest BCUT2D eigenvalue weighted by atomic mass is 9.96. The second kappa shape index (κ2) is 3.09. The molecular formula is C12H20O2S. The Morgan fingerprint density at radius 2 is 2.00 bits per heavy atom. The molecule has 15 heavy (non-hydrogen) atoms. The van der Waals surface area contributed by atoms with E-state index in [4.69, 9.17) is 1.37 Å². The first-order chi connectivity index (χ1) is 7.12. The number of hydrogen-bond acceptors (Lipinski definition) is 2. The molecule has 0 saturated heterocycles. The monoisotopic (exact) mass is 229 g/mol. The highest BCUT2D eigenvalue weighted by Gasteiger charge is 2.51. The third-order valence-corrected chi connectivity index (χ3v) is 6.50. The van der Waals surface area contributed by atoms with E-state index in [2.05, 4.69) is 6.58 Å². The lowest BCUT2D eigenvalue weighted by Crippen LogP contribution is -2.40. The van der Waals surface area contributed by atoms with E-state index >= 15 is 0 Å². The summed E-state index contributed by atoms with van der Waals surface area (Å²) in [6.07, 6.45) is 2.73. The Labute approximate surface area is 94.1 Å². The quantitative estimate of drug-likeness (QED) is 0.648. The minimum atomic E-state index is -3.49. The highest BCUT2D eigenvalue weighted by atomic mass is 32.2. The van der Waals surface area contributed by atoms with Crippen LogP contribution in [0.2, 0.25) is 0 Å². The van der Waals surface area contributed by atoms with E-state index in [9.17, 15) is 8.42 Å². The van der Waals surface area contributed by atoms with Gasteiger partial charge in [-0.3, -0.25) is 0 Å². The molecule has 2 nitrogen and oxygen atoms in total. The van der Waals surface area contributed by atoms with Gasteiger partial charge in [-0.05, 0) is 51.9 Å². The van der Waals surface area contributed by atoms with Crippen LogP contribution in [0.4, 0.5) is 0 Å². The van der Waals surface area contributed by atoms with Gasteiger partial charge >= 0.3 is 0 Å². The maximum Gasteiger partial charge on any atom is 0.162 e. The minimum absolute atomic E-state index is 0.0331. The van der Waals surface area contributed by atoms with Gasteiger partial charge in [0.15, 0.2) is 9.84 Å². The predicted molar refractivity (Wildman–Crippen MR) is 62.4 cm³/mol. The smallest absolute Gasteiger partial charge is 0.162 e. The first kappa shape index (κ1) is 9.88. The van der Waals surface area contributed by atoms with E-state index in [1.165, 1.54) is 0 Å². The van der Waals surface area contributed by atoms with Crippen LogP contribution in [0.1, 0.15) is 41.4 Å². The molecule has 86 valence electrons. The van der Waals surface area contributed by atoms with Crippen LogP contribution in [0, 0.1) is 11.8 Å². The van der Waals surface area contributed by atoms with Crippen molar-refractivity contribution in [1.29, 1.82) is 0 Å². The van der Waals surface area contributed by atoms with Crippen LogP contribution in [0.25, 0.3) is 0 Å². The molecule has 0 aromatic carbocycles. The van der Waals surface area contributed by atoms with E-state index in [0.717, 1.165) is 19.3 Å². The van der Waals surface area contributed by atoms with E-state index in [-0.39, 0.29) is 11.8 Å². The summed E-state index contributed by atoms with van der Waals surface area (Å²) < 4.78 is 32.6. The summed E-state index contributed by atoms with van der Waals surface area (Å²) in [6, 6.07) is 0. The van der Waals surface area contributed by atoms with Crippen molar-refractivity contribution in [2.75, 3.05) is 0 Å². The Balaban J connectivity index is 2.53. The van der Waals surface area contributed by atoms with Gasteiger partial charge in [-0.2, -0.15) is 0 Å². The van der Waals surface area contributed by atoms with Crippen LogP contribution in [0.5, 0.6) is 0 Å². The summed E-state index contributed by atoms with van der Waals surface area (Å²) in [4.78, 5) is 0. The van der Waals surface area contributed by atoms with Crippen molar-refractivity contribution in [3.05, 3.63) is 12.2 Å². The summed E-state index contributed by atoms with van der Waals surface area (Å²) in [5.41, 5.74) is 0.638. The first-order valence-electron chi connectivity index (χ1n) is 6.06. The second-order valence-electron chi connectivity index (χ2n) is 5.71. The predicted octanol–water partition coefficient (Wildman–Crippen LogP) is 2.55. The molecule has 0 aromatic heterocycles. The molecule has 2 bridgehead atoms. The largest absolute Gasteiger partial charge is 0.228 e. The molecule has 0 heterocycles. The van der Waals surface area contributed by atoms with Crippen molar-refractivity contribution in [2.45, 2.75) is 50.0 Å². The summed E-state index contributed by atoms with van der Waals surface area (Å²) in [6.45, 7) is 8.94. The molecule has 0 amide bonds. The maximum atomic E-state index is 12.5. The number of hydrogen-bond donors (Lipinski definition) is 0. The van der Waals surface area contributed by atoms with E-state index in [0.29, 0.717) is 5.57 Å². The molecule has 0 unspecified atom stereocenters. The van der Waals surface area contributed by atoms with Crippen molar-refractivity contribution in [3.8, 4) is 0 Å². The Bertz CT molecular complexity index is 432. The number of rotatable bonds is 1. The van der Waals surface area contributed by atoms with Crippen molar-refractivity contribution in [3.63, 3.8) is 0 Å². The lowest BCUT2D eigenvalue weighted by molar-refractivity contribution is 0.502. The van der Waals surface area contributed by atoms with Crippen molar-refractivity contribution in [2.24, 2.45) is 11.8 Å². The molecule has 0 spiro atoms. The van der Waals surface area contributed by atoms with Crippen LogP contribution in [0.15, 0.2) is 12.2 Å². The van der Waals surface area contributed by atoms with Crippen LogP contribution >= 0.6 is 0 Å².